The second-order valence-corrected chi connectivity index (χ2v) is 5.50. The van der Waals surface area contributed by atoms with Crippen LogP contribution in [0.25, 0.3) is 5.57 Å². The van der Waals surface area contributed by atoms with E-state index in [0.717, 1.165) is 11.1 Å². The number of hydrogen-bond acceptors (Lipinski definition) is 3. The molecule has 0 unspecified atom stereocenters. The lowest BCUT2D eigenvalue weighted by Gasteiger charge is -2.12. The van der Waals surface area contributed by atoms with Crippen molar-refractivity contribution in [3.05, 3.63) is 62.6 Å². The van der Waals surface area contributed by atoms with Gasteiger partial charge in [-0.3, -0.25) is 0 Å². The van der Waals surface area contributed by atoms with Crippen molar-refractivity contribution in [3.63, 3.8) is 0 Å². The molecule has 0 atom stereocenters. The second kappa shape index (κ2) is 6.08. The molecule has 0 bridgehead atoms. The molecule has 0 spiro atoms. The van der Waals surface area contributed by atoms with E-state index in [4.69, 9.17) is 16.8 Å². The lowest BCUT2D eigenvalue weighted by molar-refractivity contribution is 0.320. The lowest BCUT2D eigenvalue weighted by atomic mass is 9.96. The van der Waals surface area contributed by atoms with Gasteiger partial charge in [-0.05, 0) is 40.6 Å². The second-order valence-electron chi connectivity index (χ2n) is 4.24. The fraction of sp³-hybridized carbons (Fsp3) is 0.0667. The predicted molar refractivity (Wildman–Crippen MR) is 83.9 cm³/mol. The molecule has 0 fully saturated rings. The average Bonchev–Trinajstić information content (AvgIpc) is 2.45. The third kappa shape index (κ3) is 2.84. The fourth-order valence-electron chi connectivity index (χ4n) is 1.81. The molecule has 1 N–H and O–H groups in total. The molecule has 1 aliphatic carbocycles. The minimum absolute atomic E-state index is 0.319. The number of aryl methyl sites for hydroxylation is 1. The van der Waals surface area contributed by atoms with Crippen LogP contribution in [-0.2, 0) is 0 Å². The maximum Gasteiger partial charge on any atom is 0.118 e. The average molecular weight is 350 g/mol. The molecule has 0 amide bonds. The first-order chi connectivity index (χ1) is 9.56. The first kappa shape index (κ1) is 14.6. The highest BCUT2D eigenvalue weighted by molar-refractivity contribution is 9.12. The van der Waals surface area contributed by atoms with Gasteiger partial charge in [0.25, 0.3) is 0 Å². The maximum atomic E-state index is 9.41. The Labute approximate surface area is 130 Å². The van der Waals surface area contributed by atoms with Gasteiger partial charge in [0.2, 0.25) is 0 Å². The molecule has 1 aromatic carbocycles. The first-order valence-electron chi connectivity index (χ1n) is 5.75. The highest BCUT2D eigenvalue weighted by Crippen LogP contribution is 2.33. The minimum atomic E-state index is 0.319. The van der Waals surface area contributed by atoms with Gasteiger partial charge in [0, 0.05) is 10.1 Å². The molecule has 1 aliphatic rings. The van der Waals surface area contributed by atoms with Gasteiger partial charge in [0.05, 0.1) is 10.6 Å². The quantitative estimate of drug-likeness (QED) is 0.460. The van der Waals surface area contributed by atoms with Crippen LogP contribution in [0.2, 0.25) is 0 Å². The van der Waals surface area contributed by atoms with Gasteiger partial charge in [-0.15, -0.1) is 0 Å². The van der Waals surface area contributed by atoms with Crippen LogP contribution >= 0.6 is 27.5 Å². The summed E-state index contributed by atoms with van der Waals surface area (Å²) >= 11 is 9.46. The zero-order valence-corrected chi connectivity index (χ0v) is 12.9. The van der Waals surface area contributed by atoms with E-state index in [1.165, 1.54) is 6.08 Å². The maximum absolute atomic E-state index is 9.41. The van der Waals surface area contributed by atoms with Crippen LogP contribution in [0.1, 0.15) is 11.1 Å². The summed E-state index contributed by atoms with van der Waals surface area (Å²) in [4.78, 5) is 0. The highest BCUT2D eigenvalue weighted by Gasteiger charge is 2.18. The van der Waals surface area contributed by atoms with Gasteiger partial charge in [-0.2, -0.15) is 5.26 Å². The van der Waals surface area contributed by atoms with Gasteiger partial charge in [0.15, 0.2) is 0 Å². The van der Waals surface area contributed by atoms with Crippen LogP contribution in [-0.4, -0.2) is 10.9 Å². The van der Waals surface area contributed by atoms with E-state index in [2.05, 4.69) is 27.2 Å². The van der Waals surface area contributed by atoms with Crippen LogP contribution in [0.4, 0.5) is 0 Å². The smallest absolute Gasteiger partial charge is 0.118 e. The van der Waals surface area contributed by atoms with Crippen LogP contribution in [0.3, 0.4) is 0 Å². The minimum Gasteiger partial charge on any atom is -0.410 e. The monoisotopic (exact) mass is 348 g/mol. The third-order valence-electron chi connectivity index (χ3n) is 2.87. The van der Waals surface area contributed by atoms with E-state index in [1.807, 2.05) is 31.2 Å². The molecule has 0 heterocycles. The molecule has 1 aromatic rings. The fourth-order valence-corrected chi connectivity index (χ4v) is 2.48. The van der Waals surface area contributed by atoms with E-state index in [1.54, 1.807) is 6.08 Å². The number of nitrogens with zero attached hydrogens (tertiary/aromatic N) is 2. The van der Waals surface area contributed by atoms with Crippen molar-refractivity contribution >= 4 is 38.8 Å². The number of allylic oxidation sites excluding steroid dienone is 6. The zero-order chi connectivity index (χ0) is 14.7. The van der Waals surface area contributed by atoms with Gasteiger partial charge in [0.1, 0.15) is 11.8 Å². The summed E-state index contributed by atoms with van der Waals surface area (Å²) in [5.41, 5.74) is 3.30. The molecule has 0 aromatic heterocycles. The Morgan fingerprint density at radius 2 is 1.95 bits per heavy atom. The van der Waals surface area contributed by atoms with Crippen molar-refractivity contribution in [1.29, 1.82) is 5.26 Å². The number of oxime groups is 1. The molecule has 0 aliphatic heterocycles. The van der Waals surface area contributed by atoms with Crippen molar-refractivity contribution in [2.45, 2.75) is 6.92 Å². The van der Waals surface area contributed by atoms with Gasteiger partial charge in [-0.25, -0.2) is 0 Å². The van der Waals surface area contributed by atoms with Crippen LogP contribution in [0.15, 0.2) is 56.7 Å². The van der Waals surface area contributed by atoms with Crippen molar-refractivity contribution < 1.29 is 5.21 Å². The van der Waals surface area contributed by atoms with Crippen molar-refractivity contribution in [2.75, 3.05) is 0 Å². The Morgan fingerprint density at radius 1 is 1.30 bits per heavy atom. The number of halogens is 2. The Balaban J connectivity index is 2.61. The molecular formula is C15H10BrClN2O. The lowest BCUT2D eigenvalue weighted by Crippen LogP contribution is -2.03. The Kier molecular flexibility index (Phi) is 4.43. The summed E-state index contributed by atoms with van der Waals surface area (Å²) in [5.74, 6) is 0. The van der Waals surface area contributed by atoms with E-state index in [9.17, 15) is 5.26 Å². The van der Waals surface area contributed by atoms with E-state index >= 15 is 0 Å². The number of nitriles is 1. The summed E-state index contributed by atoms with van der Waals surface area (Å²) in [7, 11) is 0. The highest BCUT2D eigenvalue weighted by atomic mass is 79.9. The molecule has 100 valence electrons. The summed E-state index contributed by atoms with van der Waals surface area (Å²) in [6.45, 7) is 1.98. The number of hydrogen-bond donors (Lipinski definition) is 1. The molecule has 0 saturated carbocycles. The van der Waals surface area contributed by atoms with E-state index < -0.39 is 0 Å². The number of benzene rings is 1. The van der Waals surface area contributed by atoms with Crippen molar-refractivity contribution in [1.82, 2.24) is 0 Å². The van der Waals surface area contributed by atoms with Crippen LogP contribution < -0.4 is 0 Å². The summed E-state index contributed by atoms with van der Waals surface area (Å²) in [6, 6.07) is 9.81. The molecular weight excluding hydrogens is 340 g/mol. The zero-order valence-electron chi connectivity index (χ0n) is 10.6. The van der Waals surface area contributed by atoms with Gasteiger partial charge < -0.3 is 5.21 Å². The van der Waals surface area contributed by atoms with Gasteiger partial charge in [-0.1, -0.05) is 46.6 Å². The van der Waals surface area contributed by atoms with E-state index in [-0.39, 0.29) is 0 Å². The molecule has 20 heavy (non-hydrogen) atoms. The molecule has 3 nitrogen and oxygen atoms in total. The van der Waals surface area contributed by atoms with E-state index in [0.29, 0.717) is 26.4 Å². The standard InChI is InChI=1S/C15H10BrClN2O/c1-9-2-4-10(5-3-9)12(8-18)11-6-13(16)15(19-20)7-14(11)17/h2-7,20H,1H3/b12-11?,19-15-. The third-order valence-corrected chi connectivity index (χ3v) is 3.81. The van der Waals surface area contributed by atoms with Crippen LogP contribution in [0, 0.1) is 18.3 Å². The summed E-state index contributed by atoms with van der Waals surface area (Å²) in [5, 5.41) is 21.7. The molecule has 2 rings (SSSR count). The van der Waals surface area contributed by atoms with Gasteiger partial charge >= 0.3 is 0 Å². The van der Waals surface area contributed by atoms with Crippen LogP contribution in [0.5, 0.6) is 0 Å². The Morgan fingerprint density at radius 3 is 2.50 bits per heavy atom. The molecule has 5 heteroatoms. The summed E-state index contributed by atoms with van der Waals surface area (Å²) < 4.78 is 0.569. The Bertz CT molecular complexity index is 706. The molecule has 0 radical (unpaired) electrons. The molecule has 0 saturated heterocycles. The Hall–Kier alpha value is -1.83. The van der Waals surface area contributed by atoms with Crippen molar-refractivity contribution in [3.8, 4) is 6.07 Å². The normalized spacial score (nSPS) is 19.2. The topological polar surface area (TPSA) is 56.4 Å². The predicted octanol–water partition coefficient (Wildman–Crippen LogP) is 4.52. The van der Waals surface area contributed by atoms with Crippen molar-refractivity contribution in [2.24, 2.45) is 5.16 Å². The first-order valence-corrected chi connectivity index (χ1v) is 6.92. The summed E-state index contributed by atoms with van der Waals surface area (Å²) in [6.07, 6.45) is 3.18. The number of rotatable bonds is 1. The SMILES string of the molecule is Cc1ccc(C(C#N)=C2C=C(Br)/C(=N\O)C=C2Cl)cc1. The largest absolute Gasteiger partial charge is 0.410 e.